The van der Waals surface area contributed by atoms with E-state index in [0.29, 0.717) is 11.6 Å². The molecule has 0 unspecified atom stereocenters. The van der Waals surface area contributed by atoms with E-state index in [0.717, 1.165) is 17.5 Å². The number of hydrogen-bond donors (Lipinski definition) is 1. The Morgan fingerprint density at radius 3 is 3.12 bits per heavy atom. The molecule has 16 heavy (non-hydrogen) atoms. The van der Waals surface area contributed by atoms with E-state index >= 15 is 0 Å². The van der Waals surface area contributed by atoms with E-state index in [-0.39, 0.29) is 6.23 Å². The third-order valence-corrected chi connectivity index (χ3v) is 2.69. The van der Waals surface area contributed by atoms with Gasteiger partial charge in [0.1, 0.15) is 17.3 Å². The van der Waals surface area contributed by atoms with Gasteiger partial charge in [-0.25, -0.2) is 9.97 Å². The number of ether oxygens (including phenoxy) is 1. The fourth-order valence-corrected chi connectivity index (χ4v) is 1.96. The lowest BCUT2D eigenvalue weighted by atomic mass is 10.3. The number of fused-ring (bicyclic) bond motifs is 1. The molecule has 0 spiro atoms. The van der Waals surface area contributed by atoms with Crippen LogP contribution in [0.25, 0.3) is 11.0 Å². The van der Waals surface area contributed by atoms with Crippen LogP contribution in [0, 0.1) is 6.92 Å². The highest BCUT2D eigenvalue weighted by Gasteiger charge is 2.17. The van der Waals surface area contributed by atoms with Crippen LogP contribution in [0.5, 0.6) is 0 Å². The lowest BCUT2D eigenvalue weighted by molar-refractivity contribution is 0.109. The molecule has 0 saturated heterocycles. The van der Waals surface area contributed by atoms with Crippen molar-refractivity contribution >= 4 is 16.9 Å². The number of nitrogens with two attached hydrogens (primary N) is 1. The van der Waals surface area contributed by atoms with E-state index < -0.39 is 0 Å². The summed E-state index contributed by atoms with van der Waals surface area (Å²) in [6.07, 6.45) is 6.49. The molecule has 2 N–H and O–H groups in total. The topological polar surface area (TPSA) is 66.0 Å². The molecule has 1 aliphatic heterocycles. The summed E-state index contributed by atoms with van der Waals surface area (Å²) in [7, 11) is 0. The number of anilines is 1. The Bertz CT molecular complexity index is 565. The second-order valence-corrected chi connectivity index (χ2v) is 3.81. The van der Waals surface area contributed by atoms with Gasteiger partial charge >= 0.3 is 0 Å². The maximum atomic E-state index is 5.85. The van der Waals surface area contributed by atoms with Crippen LogP contribution in [0.15, 0.2) is 24.6 Å². The number of rotatable bonds is 1. The second-order valence-electron chi connectivity index (χ2n) is 3.81. The van der Waals surface area contributed by atoms with Crippen LogP contribution < -0.4 is 5.73 Å². The summed E-state index contributed by atoms with van der Waals surface area (Å²) in [6, 6.07) is 1.92. The molecule has 1 atom stereocenters. The molecule has 3 rings (SSSR count). The highest BCUT2D eigenvalue weighted by Crippen LogP contribution is 2.27. The van der Waals surface area contributed by atoms with Gasteiger partial charge in [-0.3, -0.25) is 4.57 Å². The summed E-state index contributed by atoms with van der Waals surface area (Å²) in [5, 5.41) is 0.876. The van der Waals surface area contributed by atoms with Crippen LogP contribution in [0.2, 0.25) is 0 Å². The lowest BCUT2D eigenvalue weighted by Crippen LogP contribution is -2.07. The molecule has 0 radical (unpaired) electrons. The maximum Gasteiger partial charge on any atom is 0.179 e. The quantitative estimate of drug-likeness (QED) is 0.788. The third kappa shape index (κ3) is 1.25. The van der Waals surface area contributed by atoms with E-state index in [1.807, 2.05) is 29.8 Å². The number of aryl methyl sites for hydroxylation is 1. The molecular formula is C11H12N4O. The first-order valence-corrected chi connectivity index (χ1v) is 5.17. The van der Waals surface area contributed by atoms with Crippen molar-refractivity contribution in [2.45, 2.75) is 19.6 Å². The minimum atomic E-state index is -0.00815. The molecule has 0 fully saturated rings. The zero-order valence-corrected chi connectivity index (χ0v) is 8.92. The molecule has 0 aliphatic carbocycles. The van der Waals surface area contributed by atoms with Gasteiger partial charge in [0.15, 0.2) is 6.23 Å². The number of nitrogens with zero attached hydrogens (tertiary/aromatic N) is 3. The van der Waals surface area contributed by atoms with Crippen molar-refractivity contribution in [3.05, 3.63) is 30.4 Å². The Hall–Kier alpha value is -2.04. The van der Waals surface area contributed by atoms with Crippen LogP contribution in [-0.2, 0) is 4.74 Å². The summed E-state index contributed by atoms with van der Waals surface area (Å²) in [4.78, 5) is 8.54. The van der Waals surface area contributed by atoms with Gasteiger partial charge in [-0.05, 0) is 19.1 Å². The Morgan fingerprint density at radius 1 is 1.50 bits per heavy atom. The zero-order chi connectivity index (χ0) is 11.1. The van der Waals surface area contributed by atoms with Gasteiger partial charge in [0.25, 0.3) is 0 Å². The van der Waals surface area contributed by atoms with Crippen molar-refractivity contribution in [3.63, 3.8) is 0 Å². The molecule has 2 aromatic rings. The van der Waals surface area contributed by atoms with Gasteiger partial charge in [0.05, 0.1) is 11.6 Å². The molecule has 5 nitrogen and oxygen atoms in total. The van der Waals surface area contributed by atoms with Gasteiger partial charge in [0.2, 0.25) is 0 Å². The number of hydrogen-bond acceptors (Lipinski definition) is 4. The van der Waals surface area contributed by atoms with Gasteiger partial charge in [-0.2, -0.15) is 0 Å². The monoisotopic (exact) mass is 216 g/mol. The first-order chi connectivity index (χ1) is 7.75. The highest BCUT2D eigenvalue weighted by molar-refractivity contribution is 5.86. The Morgan fingerprint density at radius 2 is 2.38 bits per heavy atom. The van der Waals surface area contributed by atoms with Crippen LogP contribution in [0.3, 0.4) is 0 Å². The summed E-state index contributed by atoms with van der Waals surface area (Å²) in [5.41, 5.74) is 6.68. The minimum Gasteiger partial charge on any atom is -0.478 e. The van der Waals surface area contributed by atoms with E-state index in [2.05, 4.69) is 9.97 Å². The molecule has 82 valence electrons. The molecular weight excluding hydrogens is 204 g/mol. The molecule has 3 heterocycles. The van der Waals surface area contributed by atoms with Crippen molar-refractivity contribution in [1.29, 1.82) is 0 Å². The predicted molar refractivity (Wildman–Crippen MR) is 60.6 cm³/mol. The predicted octanol–water partition coefficient (Wildman–Crippen LogP) is 1.75. The van der Waals surface area contributed by atoms with Crippen LogP contribution >= 0.6 is 0 Å². The van der Waals surface area contributed by atoms with Crippen molar-refractivity contribution in [2.24, 2.45) is 0 Å². The molecule has 0 aromatic carbocycles. The number of nitrogen functional groups attached to an aromatic ring is 1. The average molecular weight is 216 g/mol. The van der Waals surface area contributed by atoms with E-state index in [4.69, 9.17) is 10.5 Å². The van der Waals surface area contributed by atoms with E-state index in [1.165, 1.54) is 0 Å². The largest absolute Gasteiger partial charge is 0.478 e. The number of aromatic nitrogens is 3. The SMILES string of the molecule is Cc1nc(N)c2ccn([C@H]3CC=CO3)c2n1. The molecule has 0 saturated carbocycles. The van der Waals surface area contributed by atoms with Gasteiger partial charge in [0, 0.05) is 12.6 Å². The van der Waals surface area contributed by atoms with Crippen LogP contribution in [-0.4, -0.2) is 14.5 Å². The highest BCUT2D eigenvalue weighted by atomic mass is 16.5. The molecule has 0 bridgehead atoms. The van der Waals surface area contributed by atoms with Crippen molar-refractivity contribution in [2.75, 3.05) is 5.73 Å². The second kappa shape index (κ2) is 3.23. The van der Waals surface area contributed by atoms with E-state index in [9.17, 15) is 0 Å². The van der Waals surface area contributed by atoms with E-state index in [1.54, 1.807) is 6.26 Å². The Labute approximate surface area is 92.6 Å². The zero-order valence-electron chi connectivity index (χ0n) is 8.92. The minimum absolute atomic E-state index is 0.00815. The Balaban J connectivity index is 2.18. The first-order valence-electron chi connectivity index (χ1n) is 5.17. The van der Waals surface area contributed by atoms with Crippen LogP contribution in [0.1, 0.15) is 18.5 Å². The lowest BCUT2D eigenvalue weighted by Gasteiger charge is -2.13. The molecule has 2 aromatic heterocycles. The summed E-state index contributed by atoms with van der Waals surface area (Å²) in [5.74, 6) is 1.20. The Kier molecular flexibility index (Phi) is 1.86. The van der Waals surface area contributed by atoms with Gasteiger partial charge in [-0.15, -0.1) is 0 Å². The fourth-order valence-electron chi connectivity index (χ4n) is 1.96. The normalized spacial score (nSPS) is 19.2. The standard InChI is InChI=1S/C11H12N4O/c1-7-13-10(12)8-4-5-15(11(8)14-7)9-3-2-6-16-9/h2,4-6,9H,3H2,1H3,(H2,12,13,14)/t9-/m1/s1. The van der Waals surface area contributed by atoms with Gasteiger partial charge < -0.3 is 10.5 Å². The van der Waals surface area contributed by atoms with Crippen molar-refractivity contribution in [3.8, 4) is 0 Å². The summed E-state index contributed by atoms with van der Waals surface area (Å²) < 4.78 is 7.45. The first kappa shape index (κ1) is 9.21. The third-order valence-electron chi connectivity index (χ3n) is 2.69. The van der Waals surface area contributed by atoms with Crippen molar-refractivity contribution < 1.29 is 4.74 Å². The smallest absolute Gasteiger partial charge is 0.179 e. The summed E-state index contributed by atoms with van der Waals surface area (Å²) >= 11 is 0. The van der Waals surface area contributed by atoms with Crippen molar-refractivity contribution in [1.82, 2.24) is 14.5 Å². The van der Waals surface area contributed by atoms with Gasteiger partial charge in [-0.1, -0.05) is 0 Å². The van der Waals surface area contributed by atoms with Crippen LogP contribution in [0.4, 0.5) is 5.82 Å². The molecule has 0 amide bonds. The fraction of sp³-hybridized carbons (Fsp3) is 0.273. The average Bonchev–Trinajstić information content (AvgIpc) is 2.83. The summed E-state index contributed by atoms with van der Waals surface area (Å²) in [6.45, 7) is 1.83. The maximum absolute atomic E-state index is 5.85. The molecule has 5 heteroatoms. The molecule has 1 aliphatic rings.